The molecule has 2 aliphatic heterocycles. The van der Waals surface area contributed by atoms with Crippen molar-refractivity contribution >= 4 is 16.9 Å². The first-order chi connectivity index (χ1) is 11.6. The number of thioether (sulfide) groups is 1. The molecule has 0 spiro atoms. The van der Waals surface area contributed by atoms with Crippen molar-refractivity contribution in [2.45, 2.75) is 45.3 Å². The third kappa shape index (κ3) is 2.29. The lowest BCUT2D eigenvalue weighted by atomic mass is 9.95. The zero-order valence-electron chi connectivity index (χ0n) is 14.7. The molecular formula is C19H24N4S. The number of hydrogen-bond donors (Lipinski definition) is 0. The van der Waals surface area contributed by atoms with Crippen LogP contribution in [0.25, 0.3) is 0 Å². The van der Waals surface area contributed by atoms with Crippen molar-refractivity contribution in [1.29, 1.82) is 0 Å². The average Bonchev–Trinajstić information content (AvgIpc) is 3.24. The smallest absolute Gasteiger partial charge is 0.160 e. The Morgan fingerprint density at radius 1 is 1.29 bits per heavy atom. The molecule has 4 heterocycles. The molecule has 1 saturated heterocycles. The Morgan fingerprint density at radius 2 is 2.12 bits per heavy atom. The Kier molecular flexibility index (Phi) is 3.91. The summed E-state index contributed by atoms with van der Waals surface area (Å²) in [5, 5.41) is 1.20. The first kappa shape index (κ1) is 15.8. The van der Waals surface area contributed by atoms with Gasteiger partial charge in [-0.25, -0.2) is 0 Å². The fourth-order valence-electron chi connectivity index (χ4n) is 3.87. The second kappa shape index (κ2) is 5.96. The van der Waals surface area contributed by atoms with Crippen LogP contribution in [0.2, 0.25) is 0 Å². The fraction of sp³-hybridized carbons (Fsp3) is 0.474. The SMILES string of the molecule is CC[C@@H]1CSC2=N[C@H](c3ccccn3)[C@H](c3cc(C)n(C)c3C)N21. The Bertz CT molecular complexity index is 780. The monoisotopic (exact) mass is 340 g/mol. The van der Waals surface area contributed by atoms with Crippen LogP contribution in [0, 0.1) is 13.8 Å². The number of rotatable bonds is 3. The molecule has 4 nitrogen and oxygen atoms in total. The van der Waals surface area contributed by atoms with Crippen LogP contribution in [0.15, 0.2) is 35.5 Å². The van der Waals surface area contributed by atoms with Gasteiger partial charge in [-0.05, 0) is 44.0 Å². The van der Waals surface area contributed by atoms with Gasteiger partial charge in [0.05, 0.1) is 11.7 Å². The molecule has 0 N–H and O–H groups in total. The molecule has 2 aromatic heterocycles. The molecular weight excluding hydrogens is 316 g/mol. The van der Waals surface area contributed by atoms with E-state index in [1.165, 1.54) is 22.1 Å². The van der Waals surface area contributed by atoms with Crippen molar-refractivity contribution in [2.24, 2.45) is 12.0 Å². The quantitative estimate of drug-likeness (QED) is 0.846. The van der Waals surface area contributed by atoms with Crippen LogP contribution in [0.3, 0.4) is 0 Å². The predicted octanol–water partition coefficient (Wildman–Crippen LogP) is 4.02. The van der Waals surface area contributed by atoms with Crippen LogP contribution >= 0.6 is 11.8 Å². The lowest BCUT2D eigenvalue weighted by molar-refractivity contribution is 0.254. The van der Waals surface area contributed by atoms with E-state index in [1.54, 1.807) is 0 Å². The largest absolute Gasteiger partial charge is 0.352 e. The van der Waals surface area contributed by atoms with Crippen molar-refractivity contribution in [1.82, 2.24) is 14.5 Å². The number of fused-ring (bicyclic) bond motifs is 1. The molecule has 3 atom stereocenters. The summed E-state index contributed by atoms with van der Waals surface area (Å²) in [6, 6.07) is 9.40. The summed E-state index contributed by atoms with van der Waals surface area (Å²) in [6.45, 7) is 6.68. The molecule has 0 unspecified atom stereocenters. The zero-order chi connectivity index (χ0) is 16.8. The number of aromatic nitrogens is 2. The predicted molar refractivity (Wildman–Crippen MR) is 100 cm³/mol. The third-order valence-corrected chi connectivity index (χ3v) is 6.59. The van der Waals surface area contributed by atoms with Gasteiger partial charge in [-0.3, -0.25) is 9.98 Å². The van der Waals surface area contributed by atoms with E-state index in [2.05, 4.69) is 60.5 Å². The number of aliphatic imine (C=N–C) groups is 1. The number of nitrogens with zero attached hydrogens (tertiary/aromatic N) is 4. The van der Waals surface area contributed by atoms with Gasteiger partial charge in [-0.1, -0.05) is 24.8 Å². The van der Waals surface area contributed by atoms with Gasteiger partial charge in [-0.2, -0.15) is 0 Å². The Morgan fingerprint density at radius 3 is 2.75 bits per heavy atom. The molecule has 126 valence electrons. The van der Waals surface area contributed by atoms with E-state index in [0.29, 0.717) is 6.04 Å². The highest BCUT2D eigenvalue weighted by Crippen LogP contribution is 2.49. The fourth-order valence-corrected chi connectivity index (χ4v) is 5.21. The van der Waals surface area contributed by atoms with Gasteiger partial charge in [0.15, 0.2) is 5.17 Å². The van der Waals surface area contributed by atoms with Gasteiger partial charge in [0.25, 0.3) is 0 Å². The molecule has 0 amide bonds. The standard InChI is InChI=1S/C19H24N4S/c1-5-14-11-24-19-21-17(16-8-6-7-9-20-16)18(23(14)19)15-10-12(2)22(4)13(15)3/h6-10,14,17-18H,5,11H2,1-4H3/t14-,17-,18+/m1/s1. The Hall–Kier alpha value is -1.75. The van der Waals surface area contributed by atoms with Crippen molar-refractivity contribution in [3.63, 3.8) is 0 Å². The van der Waals surface area contributed by atoms with Gasteiger partial charge >= 0.3 is 0 Å². The topological polar surface area (TPSA) is 33.4 Å². The van der Waals surface area contributed by atoms with Crippen LogP contribution in [-0.2, 0) is 7.05 Å². The minimum absolute atomic E-state index is 0.0866. The normalized spacial score (nSPS) is 25.9. The van der Waals surface area contributed by atoms with E-state index in [1.807, 2.05) is 24.0 Å². The van der Waals surface area contributed by atoms with Crippen molar-refractivity contribution < 1.29 is 0 Å². The molecule has 0 aliphatic carbocycles. The Balaban J connectivity index is 1.84. The molecule has 4 rings (SSSR count). The maximum atomic E-state index is 5.09. The first-order valence-corrected chi connectivity index (χ1v) is 9.63. The summed E-state index contributed by atoms with van der Waals surface area (Å²) < 4.78 is 2.28. The molecule has 1 fully saturated rings. The van der Waals surface area contributed by atoms with Crippen molar-refractivity contribution in [3.05, 3.63) is 53.1 Å². The van der Waals surface area contributed by atoms with E-state index in [-0.39, 0.29) is 12.1 Å². The summed E-state index contributed by atoms with van der Waals surface area (Å²) in [4.78, 5) is 12.3. The lowest BCUT2D eigenvalue weighted by Gasteiger charge is -2.31. The number of aryl methyl sites for hydroxylation is 1. The van der Waals surface area contributed by atoms with E-state index in [9.17, 15) is 0 Å². The van der Waals surface area contributed by atoms with Gasteiger partial charge in [-0.15, -0.1) is 0 Å². The summed E-state index contributed by atoms with van der Waals surface area (Å²) in [5.74, 6) is 1.14. The second-order valence-electron chi connectivity index (χ2n) is 6.72. The third-order valence-electron chi connectivity index (χ3n) is 5.46. The maximum absolute atomic E-state index is 5.09. The number of hydrogen-bond acceptors (Lipinski definition) is 4. The first-order valence-electron chi connectivity index (χ1n) is 8.64. The van der Waals surface area contributed by atoms with E-state index in [4.69, 9.17) is 4.99 Å². The average molecular weight is 340 g/mol. The van der Waals surface area contributed by atoms with Crippen LogP contribution < -0.4 is 0 Å². The molecule has 2 aliphatic rings. The summed E-state index contributed by atoms with van der Waals surface area (Å²) >= 11 is 1.90. The van der Waals surface area contributed by atoms with E-state index >= 15 is 0 Å². The van der Waals surface area contributed by atoms with Gasteiger partial charge in [0, 0.05) is 36.4 Å². The Labute approximate surface area is 148 Å². The number of pyridine rings is 1. The van der Waals surface area contributed by atoms with E-state index < -0.39 is 0 Å². The second-order valence-corrected chi connectivity index (χ2v) is 7.71. The molecule has 5 heteroatoms. The molecule has 24 heavy (non-hydrogen) atoms. The molecule has 2 aromatic rings. The molecule has 0 saturated carbocycles. The summed E-state index contributed by atoms with van der Waals surface area (Å²) in [6.07, 6.45) is 3.03. The van der Waals surface area contributed by atoms with Crippen LogP contribution in [0.1, 0.15) is 48.1 Å². The summed E-state index contributed by atoms with van der Waals surface area (Å²) in [5.41, 5.74) is 5.10. The minimum atomic E-state index is 0.0866. The highest BCUT2D eigenvalue weighted by molar-refractivity contribution is 8.14. The lowest BCUT2D eigenvalue weighted by Crippen LogP contribution is -2.35. The van der Waals surface area contributed by atoms with Gasteiger partial charge in [0.1, 0.15) is 6.04 Å². The van der Waals surface area contributed by atoms with Crippen LogP contribution in [0.5, 0.6) is 0 Å². The highest BCUT2D eigenvalue weighted by atomic mass is 32.2. The summed E-state index contributed by atoms with van der Waals surface area (Å²) in [7, 11) is 2.15. The molecule has 0 aromatic carbocycles. The van der Waals surface area contributed by atoms with Crippen LogP contribution in [0.4, 0.5) is 0 Å². The number of amidine groups is 1. The van der Waals surface area contributed by atoms with E-state index in [0.717, 1.165) is 17.9 Å². The van der Waals surface area contributed by atoms with Crippen molar-refractivity contribution in [3.8, 4) is 0 Å². The minimum Gasteiger partial charge on any atom is -0.352 e. The van der Waals surface area contributed by atoms with Crippen molar-refractivity contribution in [2.75, 3.05) is 5.75 Å². The van der Waals surface area contributed by atoms with Gasteiger partial charge < -0.3 is 9.47 Å². The maximum Gasteiger partial charge on any atom is 0.160 e. The van der Waals surface area contributed by atoms with Crippen LogP contribution in [-0.4, -0.2) is 31.4 Å². The molecule has 0 bridgehead atoms. The molecule has 0 radical (unpaired) electrons. The van der Waals surface area contributed by atoms with Gasteiger partial charge in [0.2, 0.25) is 0 Å². The highest BCUT2D eigenvalue weighted by Gasteiger charge is 2.46. The zero-order valence-corrected chi connectivity index (χ0v) is 15.5.